The minimum absolute atomic E-state index is 0.157. The van der Waals surface area contributed by atoms with Crippen molar-refractivity contribution in [1.82, 2.24) is 5.32 Å². The zero-order chi connectivity index (χ0) is 11.8. The molecule has 1 N–H and O–H groups in total. The highest BCUT2D eigenvalue weighted by atomic mass is 16.5. The normalized spacial score (nSPS) is 16.8. The monoisotopic (exact) mass is 227 g/mol. The first-order chi connectivity index (χ1) is 7.74. The molecule has 0 unspecified atom stereocenters. The Labute approximate surface area is 96.7 Å². The summed E-state index contributed by atoms with van der Waals surface area (Å²) in [6.07, 6.45) is 6.66. The Morgan fingerprint density at radius 2 is 1.94 bits per heavy atom. The minimum Gasteiger partial charge on any atom is -0.469 e. The molecule has 0 aromatic carbocycles. The molecule has 0 aromatic heterocycles. The number of carbonyl (C=O) groups excluding carboxylic acids is 2. The summed E-state index contributed by atoms with van der Waals surface area (Å²) in [6.45, 7) is 0.574. The van der Waals surface area contributed by atoms with Crippen molar-refractivity contribution in [3.63, 3.8) is 0 Å². The van der Waals surface area contributed by atoms with Crippen molar-refractivity contribution in [3.05, 3.63) is 0 Å². The van der Waals surface area contributed by atoms with E-state index in [0.29, 0.717) is 19.4 Å². The maximum Gasteiger partial charge on any atom is 0.305 e. The fourth-order valence-electron chi connectivity index (χ4n) is 2.06. The highest BCUT2D eigenvalue weighted by Gasteiger charge is 2.20. The van der Waals surface area contributed by atoms with E-state index < -0.39 is 0 Å². The lowest BCUT2D eigenvalue weighted by atomic mass is 9.89. The van der Waals surface area contributed by atoms with E-state index in [-0.39, 0.29) is 17.8 Å². The summed E-state index contributed by atoms with van der Waals surface area (Å²) < 4.78 is 4.52. The third-order valence-electron chi connectivity index (χ3n) is 3.06. The van der Waals surface area contributed by atoms with E-state index in [1.807, 2.05) is 0 Å². The number of ether oxygens (including phenoxy) is 1. The van der Waals surface area contributed by atoms with Crippen LogP contribution in [0.15, 0.2) is 0 Å². The van der Waals surface area contributed by atoms with Crippen molar-refractivity contribution >= 4 is 11.9 Å². The first-order valence-electron chi connectivity index (χ1n) is 6.08. The molecule has 4 heteroatoms. The van der Waals surface area contributed by atoms with E-state index in [9.17, 15) is 9.59 Å². The second kappa shape index (κ2) is 7.25. The molecule has 1 fully saturated rings. The number of carbonyl (C=O) groups is 2. The van der Waals surface area contributed by atoms with E-state index in [0.717, 1.165) is 12.8 Å². The molecule has 1 amide bonds. The second-order valence-electron chi connectivity index (χ2n) is 4.31. The maximum absolute atomic E-state index is 11.7. The summed E-state index contributed by atoms with van der Waals surface area (Å²) in [6, 6.07) is 0. The van der Waals surface area contributed by atoms with Gasteiger partial charge in [0.25, 0.3) is 0 Å². The van der Waals surface area contributed by atoms with Gasteiger partial charge in [0.05, 0.1) is 7.11 Å². The lowest BCUT2D eigenvalue weighted by molar-refractivity contribution is -0.140. The van der Waals surface area contributed by atoms with Crippen molar-refractivity contribution < 1.29 is 14.3 Å². The topological polar surface area (TPSA) is 55.4 Å². The van der Waals surface area contributed by atoms with E-state index in [4.69, 9.17) is 0 Å². The second-order valence-corrected chi connectivity index (χ2v) is 4.31. The van der Waals surface area contributed by atoms with Crippen molar-refractivity contribution in [1.29, 1.82) is 0 Å². The Balaban J connectivity index is 2.07. The molecule has 1 saturated carbocycles. The molecule has 4 nitrogen and oxygen atoms in total. The molecule has 1 rings (SSSR count). The van der Waals surface area contributed by atoms with Gasteiger partial charge in [0.15, 0.2) is 0 Å². The molecule has 0 heterocycles. The van der Waals surface area contributed by atoms with Crippen LogP contribution in [0, 0.1) is 5.92 Å². The van der Waals surface area contributed by atoms with Crippen molar-refractivity contribution in [2.24, 2.45) is 5.92 Å². The molecule has 0 aromatic rings. The summed E-state index contributed by atoms with van der Waals surface area (Å²) in [7, 11) is 1.38. The van der Waals surface area contributed by atoms with Crippen molar-refractivity contribution in [2.45, 2.75) is 44.9 Å². The molecule has 1 aliphatic carbocycles. The predicted octanol–water partition coefficient (Wildman–Crippen LogP) is 1.64. The van der Waals surface area contributed by atoms with Gasteiger partial charge in [-0.05, 0) is 19.3 Å². The van der Waals surface area contributed by atoms with Gasteiger partial charge in [0.2, 0.25) is 5.91 Å². The lowest BCUT2D eigenvalue weighted by Gasteiger charge is -2.20. The standard InChI is InChI=1S/C12H21NO3/c1-16-11(14)8-5-9-13-12(15)10-6-3-2-4-7-10/h10H,2-9H2,1H3,(H,13,15). The molecule has 0 saturated heterocycles. The summed E-state index contributed by atoms with van der Waals surface area (Å²) in [4.78, 5) is 22.5. The van der Waals surface area contributed by atoms with Gasteiger partial charge < -0.3 is 10.1 Å². The molecule has 92 valence electrons. The first kappa shape index (κ1) is 13.0. The number of esters is 1. The number of hydrogen-bond donors (Lipinski definition) is 1. The largest absolute Gasteiger partial charge is 0.469 e. The number of amides is 1. The van der Waals surface area contributed by atoms with Gasteiger partial charge in [-0.1, -0.05) is 19.3 Å². The Morgan fingerprint density at radius 1 is 1.25 bits per heavy atom. The quantitative estimate of drug-likeness (QED) is 0.573. The first-order valence-corrected chi connectivity index (χ1v) is 6.08. The Bertz CT molecular complexity index is 234. The molecule has 16 heavy (non-hydrogen) atoms. The maximum atomic E-state index is 11.7. The third kappa shape index (κ3) is 4.64. The molecule has 0 aliphatic heterocycles. The van der Waals surface area contributed by atoms with E-state index in [2.05, 4.69) is 10.1 Å². The number of rotatable bonds is 5. The average Bonchev–Trinajstić information content (AvgIpc) is 2.35. The SMILES string of the molecule is COC(=O)CCCNC(=O)C1CCCCC1. The van der Waals surface area contributed by atoms with Crippen LogP contribution >= 0.6 is 0 Å². The zero-order valence-electron chi connectivity index (χ0n) is 9.96. The van der Waals surface area contributed by atoms with Crippen LogP contribution in [-0.4, -0.2) is 25.5 Å². The smallest absolute Gasteiger partial charge is 0.305 e. The van der Waals surface area contributed by atoms with Crippen LogP contribution in [0.1, 0.15) is 44.9 Å². The van der Waals surface area contributed by atoms with Crippen LogP contribution in [-0.2, 0) is 14.3 Å². The van der Waals surface area contributed by atoms with Gasteiger partial charge in [-0.15, -0.1) is 0 Å². The van der Waals surface area contributed by atoms with Crippen LogP contribution in [0.5, 0.6) is 0 Å². The van der Waals surface area contributed by atoms with Gasteiger partial charge in [0.1, 0.15) is 0 Å². The number of nitrogens with one attached hydrogen (secondary N) is 1. The Morgan fingerprint density at radius 3 is 2.56 bits per heavy atom. The van der Waals surface area contributed by atoms with E-state index in [1.54, 1.807) is 0 Å². The predicted molar refractivity (Wildman–Crippen MR) is 60.8 cm³/mol. The Hall–Kier alpha value is -1.06. The van der Waals surface area contributed by atoms with E-state index >= 15 is 0 Å². The fourth-order valence-corrected chi connectivity index (χ4v) is 2.06. The van der Waals surface area contributed by atoms with Crippen molar-refractivity contribution in [3.8, 4) is 0 Å². The molecular formula is C12H21NO3. The molecular weight excluding hydrogens is 206 g/mol. The summed E-state index contributed by atoms with van der Waals surface area (Å²) in [5, 5.41) is 2.89. The lowest BCUT2D eigenvalue weighted by Crippen LogP contribution is -2.32. The van der Waals surface area contributed by atoms with Gasteiger partial charge in [-0.2, -0.15) is 0 Å². The zero-order valence-corrected chi connectivity index (χ0v) is 9.96. The molecule has 0 radical (unpaired) electrons. The summed E-state index contributed by atoms with van der Waals surface area (Å²) in [5.41, 5.74) is 0. The van der Waals surface area contributed by atoms with Crippen LogP contribution in [0.3, 0.4) is 0 Å². The van der Waals surface area contributed by atoms with Crippen LogP contribution in [0.25, 0.3) is 0 Å². The molecule has 0 atom stereocenters. The van der Waals surface area contributed by atoms with Crippen LogP contribution in [0.2, 0.25) is 0 Å². The molecule has 0 bridgehead atoms. The van der Waals surface area contributed by atoms with Gasteiger partial charge in [0, 0.05) is 18.9 Å². The number of methoxy groups -OCH3 is 1. The summed E-state index contributed by atoms with van der Waals surface area (Å²) in [5.74, 6) is 0.142. The van der Waals surface area contributed by atoms with Crippen LogP contribution < -0.4 is 5.32 Å². The molecule has 0 spiro atoms. The van der Waals surface area contributed by atoms with Gasteiger partial charge >= 0.3 is 5.97 Å². The summed E-state index contributed by atoms with van der Waals surface area (Å²) >= 11 is 0. The highest BCUT2D eigenvalue weighted by Crippen LogP contribution is 2.23. The third-order valence-corrected chi connectivity index (χ3v) is 3.06. The van der Waals surface area contributed by atoms with Crippen molar-refractivity contribution in [2.75, 3.05) is 13.7 Å². The van der Waals surface area contributed by atoms with Crippen LogP contribution in [0.4, 0.5) is 0 Å². The average molecular weight is 227 g/mol. The fraction of sp³-hybridized carbons (Fsp3) is 0.833. The Kier molecular flexibility index (Phi) is 5.90. The van der Waals surface area contributed by atoms with Gasteiger partial charge in [-0.3, -0.25) is 9.59 Å². The van der Waals surface area contributed by atoms with Gasteiger partial charge in [-0.25, -0.2) is 0 Å². The highest BCUT2D eigenvalue weighted by molar-refractivity contribution is 5.78. The molecule has 1 aliphatic rings. The number of hydrogen-bond acceptors (Lipinski definition) is 3. The minimum atomic E-state index is -0.216. The van der Waals surface area contributed by atoms with E-state index in [1.165, 1.54) is 26.4 Å².